The van der Waals surface area contributed by atoms with Crippen molar-refractivity contribution in [2.24, 2.45) is 0 Å². The lowest BCUT2D eigenvalue weighted by atomic mass is 9.94. The number of hydrogen-bond acceptors (Lipinski definition) is 3. The van der Waals surface area contributed by atoms with Crippen molar-refractivity contribution in [1.29, 1.82) is 0 Å². The zero-order valence-corrected chi connectivity index (χ0v) is 10.5. The SMILES string of the molecule is CCN(CC(=O)c1ccco1)C1CCCCC1. The molecule has 0 bridgehead atoms. The summed E-state index contributed by atoms with van der Waals surface area (Å²) in [7, 11) is 0. The molecular weight excluding hydrogens is 214 g/mol. The van der Waals surface area contributed by atoms with Crippen LogP contribution in [-0.4, -0.2) is 29.8 Å². The van der Waals surface area contributed by atoms with Gasteiger partial charge >= 0.3 is 0 Å². The van der Waals surface area contributed by atoms with Gasteiger partial charge in [-0.2, -0.15) is 0 Å². The molecular formula is C14H21NO2. The van der Waals surface area contributed by atoms with E-state index in [0.29, 0.717) is 18.3 Å². The summed E-state index contributed by atoms with van der Waals surface area (Å²) in [5, 5.41) is 0. The number of carbonyl (C=O) groups excluding carboxylic acids is 1. The summed E-state index contributed by atoms with van der Waals surface area (Å²) in [6, 6.07) is 4.11. The minimum absolute atomic E-state index is 0.0995. The highest BCUT2D eigenvalue weighted by Crippen LogP contribution is 2.22. The lowest BCUT2D eigenvalue weighted by Gasteiger charge is -2.32. The van der Waals surface area contributed by atoms with Gasteiger partial charge in [0.15, 0.2) is 5.76 Å². The number of Topliss-reactive ketones (excluding diaryl/α,β-unsaturated/α-hetero) is 1. The van der Waals surface area contributed by atoms with Crippen LogP contribution in [0, 0.1) is 0 Å². The largest absolute Gasteiger partial charge is 0.461 e. The summed E-state index contributed by atoms with van der Waals surface area (Å²) in [6.07, 6.45) is 7.98. The Morgan fingerprint density at radius 3 is 2.76 bits per heavy atom. The topological polar surface area (TPSA) is 33.5 Å². The van der Waals surface area contributed by atoms with Crippen LogP contribution in [0.15, 0.2) is 22.8 Å². The Balaban J connectivity index is 1.92. The summed E-state index contributed by atoms with van der Waals surface area (Å²) < 4.78 is 5.15. The minimum atomic E-state index is 0.0995. The van der Waals surface area contributed by atoms with Crippen molar-refractivity contribution in [3.8, 4) is 0 Å². The maximum absolute atomic E-state index is 12.0. The summed E-state index contributed by atoms with van der Waals surface area (Å²) >= 11 is 0. The van der Waals surface area contributed by atoms with Crippen LogP contribution in [-0.2, 0) is 0 Å². The van der Waals surface area contributed by atoms with Gasteiger partial charge in [0.25, 0.3) is 0 Å². The van der Waals surface area contributed by atoms with E-state index in [1.165, 1.54) is 32.1 Å². The van der Waals surface area contributed by atoms with Gasteiger partial charge in [-0.1, -0.05) is 26.2 Å². The second-order valence-electron chi connectivity index (χ2n) is 4.76. The Bertz CT molecular complexity index is 339. The number of carbonyl (C=O) groups is 1. The van der Waals surface area contributed by atoms with Gasteiger partial charge in [-0.25, -0.2) is 0 Å². The second kappa shape index (κ2) is 6.01. The molecule has 17 heavy (non-hydrogen) atoms. The van der Waals surface area contributed by atoms with Gasteiger partial charge in [-0.15, -0.1) is 0 Å². The van der Waals surface area contributed by atoms with Crippen molar-refractivity contribution in [1.82, 2.24) is 4.90 Å². The number of furan rings is 1. The molecule has 1 fully saturated rings. The molecule has 3 nitrogen and oxygen atoms in total. The molecule has 0 unspecified atom stereocenters. The summed E-state index contributed by atoms with van der Waals surface area (Å²) in [6.45, 7) is 3.57. The van der Waals surface area contributed by atoms with Crippen LogP contribution in [0.4, 0.5) is 0 Å². The molecule has 1 aliphatic rings. The molecule has 3 heteroatoms. The first-order valence-electron chi connectivity index (χ1n) is 6.62. The van der Waals surface area contributed by atoms with Crippen LogP contribution in [0.3, 0.4) is 0 Å². The normalized spacial score (nSPS) is 17.5. The monoisotopic (exact) mass is 235 g/mol. The third kappa shape index (κ3) is 3.19. The number of rotatable bonds is 5. The lowest BCUT2D eigenvalue weighted by molar-refractivity contribution is 0.0842. The maximum atomic E-state index is 12.0. The van der Waals surface area contributed by atoms with Crippen LogP contribution >= 0.6 is 0 Å². The molecule has 0 aromatic carbocycles. The molecule has 0 saturated heterocycles. The summed E-state index contributed by atoms with van der Waals surface area (Å²) in [5.74, 6) is 0.585. The summed E-state index contributed by atoms with van der Waals surface area (Å²) in [5.41, 5.74) is 0. The van der Waals surface area contributed by atoms with E-state index < -0.39 is 0 Å². The van der Waals surface area contributed by atoms with Crippen molar-refractivity contribution in [2.45, 2.75) is 45.1 Å². The quantitative estimate of drug-likeness (QED) is 0.735. The fourth-order valence-corrected chi connectivity index (χ4v) is 2.64. The average molecular weight is 235 g/mol. The fraction of sp³-hybridized carbons (Fsp3) is 0.643. The zero-order chi connectivity index (χ0) is 12.1. The van der Waals surface area contributed by atoms with Gasteiger partial charge in [0.2, 0.25) is 5.78 Å². The van der Waals surface area contributed by atoms with E-state index in [9.17, 15) is 4.79 Å². The Kier molecular flexibility index (Phi) is 4.37. The average Bonchev–Trinajstić information content (AvgIpc) is 2.90. The van der Waals surface area contributed by atoms with E-state index in [0.717, 1.165) is 6.54 Å². The molecule has 94 valence electrons. The Labute approximate surface area is 103 Å². The first kappa shape index (κ1) is 12.4. The minimum Gasteiger partial charge on any atom is -0.461 e. The molecule has 0 N–H and O–H groups in total. The van der Waals surface area contributed by atoms with Crippen molar-refractivity contribution in [3.05, 3.63) is 24.2 Å². The third-order valence-electron chi connectivity index (χ3n) is 3.64. The van der Waals surface area contributed by atoms with E-state index in [1.807, 2.05) is 0 Å². The smallest absolute Gasteiger partial charge is 0.211 e. The van der Waals surface area contributed by atoms with E-state index in [2.05, 4.69) is 11.8 Å². The van der Waals surface area contributed by atoms with Crippen LogP contribution in [0.5, 0.6) is 0 Å². The lowest BCUT2D eigenvalue weighted by Crippen LogP contribution is -2.40. The van der Waals surface area contributed by atoms with Gasteiger partial charge in [0, 0.05) is 6.04 Å². The van der Waals surface area contributed by atoms with E-state index in [-0.39, 0.29) is 5.78 Å². The molecule has 1 aromatic rings. The highest BCUT2D eigenvalue weighted by Gasteiger charge is 2.22. The highest BCUT2D eigenvalue weighted by molar-refractivity contribution is 5.95. The predicted octanol–water partition coefficient (Wildman–Crippen LogP) is 3.12. The van der Waals surface area contributed by atoms with E-state index >= 15 is 0 Å². The number of ketones is 1. The van der Waals surface area contributed by atoms with E-state index in [4.69, 9.17) is 4.42 Å². The first-order valence-corrected chi connectivity index (χ1v) is 6.62. The molecule has 2 rings (SSSR count). The molecule has 0 atom stereocenters. The zero-order valence-electron chi connectivity index (χ0n) is 10.5. The Morgan fingerprint density at radius 1 is 1.41 bits per heavy atom. The standard InChI is InChI=1S/C14H21NO2/c1-2-15(12-7-4-3-5-8-12)11-13(16)14-9-6-10-17-14/h6,9-10,12H,2-5,7-8,11H2,1H3. The third-order valence-corrected chi connectivity index (χ3v) is 3.64. The number of likely N-dealkylation sites (N-methyl/N-ethyl adjacent to an activating group) is 1. The molecule has 0 amide bonds. The van der Waals surface area contributed by atoms with E-state index in [1.54, 1.807) is 18.4 Å². The molecule has 0 spiro atoms. The van der Waals surface area contributed by atoms with Crippen molar-refractivity contribution < 1.29 is 9.21 Å². The van der Waals surface area contributed by atoms with Crippen molar-refractivity contribution in [3.63, 3.8) is 0 Å². The number of hydrogen-bond donors (Lipinski definition) is 0. The molecule has 1 heterocycles. The van der Waals surface area contributed by atoms with Crippen LogP contribution < -0.4 is 0 Å². The molecule has 1 aromatic heterocycles. The Hall–Kier alpha value is -1.09. The predicted molar refractivity (Wildman–Crippen MR) is 67.2 cm³/mol. The van der Waals surface area contributed by atoms with Crippen molar-refractivity contribution in [2.75, 3.05) is 13.1 Å². The van der Waals surface area contributed by atoms with Crippen LogP contribution in [0.2, 0.25) is 0 Å². The van der Waals surface area contributed by atoms with Gasteiger partial charge in [0.05, 0.1) is 12.8 Å². The molecule has 1 aliphatic carbocycles. The van der Waals surface area contributed by atoms with Crippen molar-refractivity contribution >= 4 is 5.78 Å². The number of nitrogens with zero attached hydrogens (tertiary/aromatic N) is 1. The van der Waals surface area contributed by atoms with Gasteiger partial charge in [0.1, 0.15) is 0 Å². The van der Waals surface area contributed by atoms with Crippen LogP contribution in [0.1, 0.15) is 49.6 Å². The van der Waals surface area contributed by atoms with Gasteiger partial charge < -0.3 is 4.42 Å². The molecule has 1 saturated carbocycles. The fourth-order valence-electron chi connectivity index (χ4n) is 2.64. The Morgan fingerprint density at radius 2 is 2.18 bits per heavy atom. The highest BCUT2D eigenvalue weighted by atomic mass is 16.3. The second-order valence-corrected chi connectivity index (χ2v) is 4.76. The molecule has 0 radical (unpaired) electrons. The molecule has 0 aliphatic heterocycles. The van der Waals surface area contributed by atoms with Gasteiger partial charge in [-0.05, 0) is 31.5 Å². The first-order chi connectivity index (χ1) is 8.31. The summed E-state index contributed by atoms with van der Waals surface area (Å²) in [4.78, 5) is 14.3. The van der Waals surface area contributed by atoms with Crippen LogP contribution in [0.25, 0.3) is 0 Å². The maximum Gasteiger partial charge on any atom is 0.211 e. The van der Waals surface area contributed by atoms with Gasteiger partial charge in [-0.3, -0.25) is 9.69 Å².